The Labute approximate surface area is 112 Å². The summed E-state index contributed by atoms with van der Waals surface area (Å²) in [4.78, 5) is 4.20. The van der Waals surface area contributed by atoms with Crippen molar-refractivity contribution in [3.05, 3.63) is 59.2 Å². The molecule has 2 aromatic rings. The first-order valence-corrected chi connectivity index (χ1v) is 6.16. The quantitative estimate of drug-likeness (QED) is 0.918. The minimum absolute atomic E-state index is 0.193. The molecule has 4 heteroatoms. The summed E-state index contributed by atoms with van der Waals surface area (Å²) in [5.41, 5.74) is 8.28. The second-order valence-corrected chi connectivity index (χ2v) is 4.53. The fraction of sp³-hybridized carbons (Fsp3) is 0.267. The van der Waals surface area contributed by atoms with Crippen molar-refractivity contribution in [1.29, 1.82) is 0 Å². The van der Waals surface area contributed by atoms with Crippen LogP contribution in [0, 0.1) is 12.7 Å². The molecular formula is C15H17FN2O. The first-order chi connectivity index (χ1) is 9.08. The van der Waals surface area contributed by atoms with Crippen molar-refractivity contribution in [3.8, 4) is 5.75 Å². The maximum Gasteiger partial charge on any atom is 0.165 e. The molecule has 2 rings (SSSR count). The van der Waals surface area contributed by atoms with Crippen molar-refractivity contribution in [1.82, 2.24) is 4.98 Å². The van der Waals surface area contributed by atoms with E-state index in [-0.39, 0.29) is 18.4 Å². The minimum atomic E-state index is -0.400. The first-order valence-electron chi connectivity index (χ1n) is 6.16. The highest BCUT2D eigenvalue weighted by Gasteiger charge is 2.08. The number of benzene rings is 1. The van der Waals surface area contributed by atoms with Crippen molar-refractivity contribution >= 4 is 0 Å². The Balaban J connectivity index is 2.10. The third-order valence-electron chi connectivity index (χ3n) is 2.96. The first kappa shape index (κ1) is 13.5. The Kier molecular flexibility index (Phi) is 4.12. The molecule has 0 bridgehead atoms. The van der Waals surface area contributed by atoms with Gasteiger partial charge in [0.05, 0.1) is 5.69 Å². The van der Waals surface area contributed by atoms with Crippen molar-refractivity contribution in [2.24, 2.45) is 5.73 Å². The lowest BCUT2D eigenvalue weighted by Gasteiger charge is -2.11. The molecule has 1 aromatic heterocycles. The summed E-state index contributed by atoms with van der Waals surface area (Å²) >= 11 is 0. The van der Waals surface area contributed by atoms with E-state index in [1.54, 1.807) is 18.3 Å². The summed E-state index contributed by atoms with van der Waals surface area (Å²) in [5.74, 6) is -0.183. The van der Waals surface area contributed by atoms with Crippen molar-refractivity contribution < 1.29 is 9.13 Å². The Hall–Kier alpha value is -1.94. The largest absolute Gasteiger partial charge is 0.484 e. The van der Waals surface area contributed by atoms with Crippen LogP contribution < -0.4 is 10.5 Å². The van der Waals surface area contributed by atoms with Crippen LogP contribution in [0.3, 0.4) is 0 Å². The molecule has 0 aliphatic carbocycles. The zero-order valence-corrected chi connectivity index (χ0v) is 11.1. The Morgan fingerprint density at radius 1 is 1.37 bits per heavy atom. The second-order valence-electron chi connectivity index (χ2n) is 4.53. The summed E-state index contributed by atoms with van der Waals surface area (Å²) in [6, 6.07) is 8.39. The van der Waals surface area contributed by atoms with Crippen LogP contribution in [-0.2, 0) is 6.61 Å². The highest BCUT2D eigenvalue weighted by molar-refractivity contribution is 5.31. The SMILES string of the molecule is Cc1cccnc1COc1ccc([C@H](C)N)cc1F. The summed E-state index contributed by atoms with van der Waals surface area (Å²) in [6.07, 6.45) is 1.70. The number of rotatable bonds is 4. The standard InChI is InChI=1S/C15H17FN2O/c1-10-4-3-7-18-14(10)9-19-15-6-5-12(11(2)17)8-13(15)16/h3-8,11H,9,17H2,1-2H3/t11-/m0/s1. The maximum atomic E-state index is 13.8. The van der Waals surface area contributed by atoms with E-state index < -0.39 is 5.82 Å². The van der Waals surface area contributed by atoms with E-state index in [1.807, 2.05) is 26.0 Å². The average molecular weight is 260 g/mol. The number of halogens is 1. The van der Waals surface area contributed by atoms with Crippen molar-refractivity contribution in [3.63, 3.8) is 0 Å². The van der Waals surface area contributed by atoms with Gasteiger partial charge in [-0.2, -0.15) is 0 Å². The van der Waals surface area contributed by atoms with Crippen LogP contribution in [0.15, 0.2) is 36.5 Å². The van der Waals surface area contributed by atoms with Crippen LogP contribution in [0.5, 0.6) is 5.75 Å². The molecule has 19 heavy (non-hydrogen) atoms. The van der Waals surface area contributed by atoms with Gasteiger partial charge in [-0.3, -0.25) is 4.98 Å². The van der Waals surface area contributed by atoms with Gasteiger partial charge in [-0.25, -0.2) is 4.39 Å². The Bertz CT molecular complexity index is 570. The molecular weight excluding hydrogens is 243 g/mol. The number of aryl methyl sites for hydroxylation is 1. The molecule has 0 fully saturated rings. The van der Waals surface area contributed by atoms with Crippen LogP contribution in [0.25, 0.3) is 0 Å². The molecule has 3 nitrogen and oxygen atoms in total. The van der Waals surface area contributed by atoms with Gasteiger partial charge >= 0.3 is 0 Å². The number of nitrogens with zero attached hydrogens (tertiary/aromatic N) is 1. The lowest BCUT2D eigenvalue weighted by molar-refractivity contribution is 0.285. The van der Waals surface area contributed by atoms with Gasteiger partial charge < -0.3 is 10.5 Å². The van der Waals surface area contributed by atoms with E-state index in [9.17, 15) is 4.39 Å². The molecule has 1 atom stereocenters. The molecule has 1 aromatic carbocycles. The molecule has 0 amide bonds. The zero-order valence-electron chi connectivity index (χ0n) is 11.1. The summed E-state index contributed by atoms with van der Waals surface area (Å²) in [6.45, 7) is 4.01. The summed E-state index contributed by atoms with van der Waals surface area (Å²) in [7, 11) is 0. The van der Waals surface area contributed by atoms with Gasteiger partial charge in [0, 0.05) is 12.2 Å². The number of nitrogens with two attached hydrogens (primary N) is 1. The highest BCUT2D eigenvalue weighted by Crippen LogP contribution is 2.22. The number of hydrogen-bond donors (Lipinski definition) is 1. The van der Waals surface area contributed by atoms with Gasteiger partial charge in [-0.05, 0) is 43.2 Å². The molecule has 0 saturated carbocycles. The van der Waals surface area contributed by atoms with Crippen LogP contribution in [0.2, 0.25) is 0 Å². The van der Waals surface area contributed by atoms with Gasteiger partial charge in [-0.15, -0.1) is 0 Å². The fourth-order valence-corrected chi connectivity index (χ4v) is 1.73. The van der Waals surface area contributed by atoms with E-state index in [4.69, 9.17) is 10.5 Å². The summed E-state index contributed by atoms with van der Waals surface area (Å²) < 4.78 is 19.3. The fourth-order valence-electron chi connectivity index (χ4n) is 1.73. The van der Waals surface area contributed by atoms with Crippen LogP contribution in [0.1, 0.15) is 29.8 Å². The van der Waals surface area contributed by atoms with Gasteiger partial charge in [0.25, 0.3) is 0 Å². The normalized spacial score (nSPS) is 12.2. The molecule has 0 aliphatic heterocycles. The third kappa shape index (κ3) is 3.29. The van der Waals surface area contributed by atoms with E-state index in [1.165, 1.54) is 6.07 Å². The predicted molar refractivity (Wildman–Crippen MR) is 72.3 cm³/mol. The number of ether oxygens (including phenoxy) is 1. The van der Waals surface area contributed by atoms with Gasteiger partial charge in [-0.1, -0.05) is 12.1 Å². The van der Waals surface area contributed by atoms with E-state index >= 15 is 0 Å². The Morgan fingerprint density at radius 2 is 2.16 bits per heavy atom. The number of hydrogen-bond acceptors (Lipinski definition) is 3. The van der Waals surface area contributed by atoms with Crippen LogP contribution in [-0.4, -0.2) is 4.98 Å². The molecule has 0 aliphatic rings. The Morgan fingerprint density at radius 3 is 2.79 bits per heavy atom. The molecule has 2 N–H and O–H groups in total. The molecule has 0 unspecified atom stereocenters. The van der Waals surface area contributed by atoms with Gasteiger partial charge in [0.15, 0.2) is 11.6 Å². The molecule has 1 heterocycles. The topological polar surface area (TPSA) is 48.1 Å². The lowest BCUT2D eigenvalue weighted by Crippen LogP contribution is -2.06. The smallest absolute Gasteiger partial charge is 0.165 e. The monoisotopic (exact) mass is 260 g/mol. The molecule has 0 spiro atoms. The number of pyridine rings is 1. The van der Waals surface area contributed by atoms with Gasteiger partial charge in [0.2, 0.25) is 0 Å². The van der Waals surface area contributed by atoms with E-state index in [2.05, 4.69) is 4.98 Å². The van der Waals surface area contributed by atoms with E-state index in [0.29, 0.717) is 0 Å². The third-order valence-corrected chi connectivity index (χ3v) is 2.96. The molecule has 0 saturated heterocycles. The van der Waals surface area contributed by atoms with Crippen LogP contribution >= 0.6 is 0 Å². The average Bonchev–Trinajstić information content (AvgIpc) is 2.39. The van der Waals surface area contributed by atoms with Crippen molar-refractivity contribution in [2.45, 2.75) is 26.5 Å². The summed E-state index contributed by atoms with van der Waals surface area (Å²) in [5, 5.41) is 0. The van der Waals surface area contributed by atoms with E-state index in [0.717, 1.165) is 16.8 Å². The zero-order chi connectivity index (χ0) is 13.8. The maximum absolute atomic E-state index is 13.8. The lowest BCUT2D eigenvalue weighted by atomic mass is 10.1. The molecule has 100 valence electrons. The van der Waals surface area contributed by atoms with Gasteiger partial charge in [0.1, 0.15) is 6.61 Å². The second kappa shape index (κ2) is 5.80. The highest BCUT2D eigenvalue weighted by atomic mass is 19.1. The van der Waals surface area contributed by atoms with Crippen molar-refractivity contribution in [2.75, 3.05) is 0 Å². The van der Waals surface area contributed by atoms with Crippen LogP contribution in [0.4, 0.5) is 4.39 Å². The predicted octanol–water partition coefficient (Wildman–Crippen LogP) is 3.13. The minimum Gasteiger partial charge on any atom is -0.484 e. The number of aromatic nitrogens is 1. The molecule has 0 radical (unpaired) electrons.